The molecule has 1 saturated heterocycles. The number of hydrogen-bond donors (Lipinski definition) is 1. The SMILES string of the molecule is O=C(Nc1ccc2c(c1)OCO2)[C@@H]1C[C@@]12CCN(C(=O)CC1CC1)C2. The molecule has 3 fully saturated rings. The molecule has 1 N–H and O–H groups in total. The normalized spacial score (nSPS) is 29.1. The molecule has 0 aromatic heterocycles. The van der Waals surface area contributed by atoms with Crippen LogP contribution in [0.1, 0.15) is 32.1 Å². The van der Waals surface area contributed by atoms with Crippen molar-refractivity contribution < 1.29 is 19.1 Å². The zero-order valence-corrected chi connectivity index (χ0v) is 14.1. The van der Waals surface area contributed by atoms with Crippen LogP contribution in [0.3, 0.4) is 0 Å². The Morgan fingerprint density at radius 3 is 2.92 bits per heavy atom. The molecule has 2 saturated carbocycles. The van der Waals surface area contributed by atoms with E-state index in [1.165, 1.54) is 12.8 Å². The monoisotopic (exact) mass is 342 g/mol. The minimum Gasteiger partial charge on any atom is -0.454 e. The summed E-state index contributed by atoms with van der Waals surface area (Å²) in [5.41, 5.74) is 0.746. The minimum atomic E-state index is 0.0108. The van der Waals surface area contributed by atoms with Gasteiger partial charge in [0.05, 0.1) is 0 Å². The number of hydrogen-bond acceptors (Lipinski definition) is 4. The maximum atomic E-state index is 12.6. The molecule has 4 aliphatic rings. The fraction of sp³-hybridized carbons (Fsp3) is 0.579. The summed E-state index contributed by atoms with van der Waals surface area (Å²) < 4.78 is 10.6. The second-order valence-electron chi connectivity index (χ2n) is 7.89. The van der Waals surface area contributed by atoms with Crippen LogP contribution in [-0.4, -0.2) is 36.6 Å². The van der Waals surface area contributed by atoms with Gasteiger partial charge in [0.1, 0.15) is 0 Å². The number of fused-ring (bicyclic) bond motifs is 1. The topological polar surface area (TPSA) is 67.9 Å². The van der Waals surface area contributed by atoms with Gasteiger partial charge < -0.3 is 19.7 Å². The average Bonchev–Trinajstić information content (AvgIpc) is 3.42. The second-order valence-corrected chi connectivity index (χ2v) is 7.89. The van der Waals surface area contributed by atoms with E-state index >= 15 is 0 Å². The summed E-state index contributed by atoms with van der Waals surface area (Å²) >= 11 is 0. The van der Waals surface area contributed by atoms with Gasteiger partial charge in [0.15, 0.2) is 11.5 Å². The van der Waals surface area contributed by atoms with Gasteiger partial charge in [-0.1, -0.05) is 0 Å². The Kier molecular flexibility index (Phi) is 3.24. The van der Waals surface area contributed by atoms with Crippen molar-refractivity contribution in [3.63, 3.8) is 0 Å². The minimum absolute atomic E-state index is 0.0108. The van der Waals surface area contributed by atoms with Gasteiger partial charge in [-0.05, 0) is 43.7 Å². The summed E-state index contributed by atoms with van der Waals surface area (Å²) in [5, 5.41) is 2.99. The van der Waals surface area contributed by atoms with Gasteiger partial charge in [0.25, 0.3) is 0 Å². The number of likely N-dealkylation sites (tertiary alicyclic amines) is 1. The summed E-state index contributed by atoms with van der Waals surface area (Å²) in [5.74, 6) is 2.34. The first kappa shape index (κ1) is 15.0. The van der Waals surface area contributed by atoms with Gasteiger partial charge in [-0.25, -0.2) is 0 Å². The Labute approximate surface area is 146 Å². The number of anilines is 1. The molecule has 0 bridgehead atoms. The van der Waals surface area contributed by atoms with Crippen LogP contribution >= 0.6 is 0 Å². The van der Waals surface area contributed by atoms with Gasteiger partial charge >= 0.3 is 0 Å². The van der Waals surface area contributed by atoms with Gasteiger partial charge in [-0.3, -0.25) is 9.59 Å². The number of nitrogens with zero attached hydrogens (tertiary/aromatic N) is 1. The molecule has 2 heterocycles. The van der Waals surface area contributed by atoms with Gasteiger partial charge in [-0.2, -0.15) is 0 Å². The van der Waals surface area contributed by atoms with Crippen LogP contribution < -0.4 is 14.8 Å². The predicted molar refractivity (Wildman–Crippen MR) is 90.3 cm³/mol. The van der Waals surface area contributed by atoms with Crippen LogP contribution in [0.4, 0.5) is 5.69 Å². The van der Waals surface area contributed by atoms with Crippen molar-refractivity contribution in [3.05, 3.63) is 18.2 Å². The van der Waals surface area contributed by atoms with Crippen molar-refractivity contribution >= 4 is 17.5 Å². The highest BCUT2D eigenvalue weighted by atomic mass is 16.7. The number of benzene rings is 1. The average molecular weight is 342 g/mol. The molecule has 2 aliphatic heterocycles. The molecule has 2 amide bonds. The van der Waals surface area contributed by atoms with E-state index in [9.17, 15) is 9.59 Å². The van der Waals surface area contributed by atoms with Crippen LogP contribution in [0.5, 0.6) is 11.5 Å². The smallest absolute Gasteiger partial charge is 0.231 e. The highest BCUT2D eigenvalue weighted by Crippen LogP contribution is 2.59. The number of ether oxygens (including phenoxy) is 2. The highest BCUT2D eigenvalue weighted by molar-refractivity contribution is 5.95. The van der Waals surface area contributed by atoms with E-state index < -0.39 is 0 Å². The number of rotatable bonds is 4. The van der Waals surface area contributed by atoms with E-state index in [0.29, 0.717) is 23.8 Å². The fourth-order valence-electron chi connectivity index (χ4n) is 4.18. The summed E-state index contributed by atoms with van der Waals surface area (Å²) in [6, 6.07) is 5.45. The molecule has 1 aromatic carbocycles. The first-order chi connectivity index (χ1) is 12.1. The fourth-order valence-corrected chi connectivity index (χ4v) is 4.18. The Hall–Kier alpha value is -2.24. The Morgan fingerprint density at radius 2 is 2.08 bits per heavy atom. The second kappa shape index (κ2) is 5.38. The molecule has 0 unspecified atom stereocenters. The molecule has 2 atom stereocenters. The lowest BCUT2D eigenvalue weighted by Gasteiger charge is -2.16. The van der Waals surface area contributed by atoms with E-state index in [2.05, 4.69) is 5.32 Å². The van der Waals surface area contributed by atoms with Gasteiger partial charge in [0.2, 0.25) is 18.6 Å². The van der Waals surface area contributed by atoms with Crippen LogP contribution in [0.2, 0.25) is 0 Å². The predicted octanol–water partition coefficient (Wildman–Crippen LogP) is 2.39. The number of carbonyl (C=O) groups excluding carboxylic acids is 2. The van der Waals surface area contributed by atoms with Crippen molar-refractivity contribution in [1.82, 2.24) is 4.90 Å². The lowest BCUT2D eigenvalue weighted by molar-refractivity contribution is -0.131. The maximum absolute atomic E-state index is 12.6. The third kappa shape index (κ3) is 2.73. The maximum Gasteiger partial charge on any atom is 0.231 e. The Morgan fingerprint density at radius 1 is 1.24 bits per heavy atom. The molecule has 0 radical (unpaired) electrons. The molecule has 1 spiro atoms. The number of nitrogens with one attached hydrogen (secondary N) is 1. The summed E-state index contributed by atoms with van der Waals surface area (Å²) in [6.45, 7) is 1.78. The summed E-state index contributed by atoms with van der Waals surface area (Å²) in [4.78, 5) is 26.9. The van der Waals surface area contributed by atoms with Gasteiger partial charge in [0, 0.05) is 42.6 Å². The van der Waals surface area contributed by atoms with Crippen molar-refractivity contribution in [1.29, 1.82) is 0 Å². The van der Waals surface area contributed by atoms with Crippen LogP contribution in [-0.2, 0) is 9.59 Å². The lowest BCUT2D eigenvalue weighted by atomic mass is 10.0. The van der Waals surface area contributed by atoms with E-state index in [4.69, 9.17) is 9.47 Å². The molecule has 6 nitrogen and oxygen atoms in total. The highest BCUT2D eigenvalue weighted by Gasteiger charge is 2.61. The van der Waals surface area contributed by atoms with Crippen molar-refractivity contribution in [2.24, 2.45) is 17.3 Å². The molecule has 25 heavy (non-hydrogen) atoms. The largest absolute Gasteiger partial charge is 0.454 e. The van der Waals surface area contributed by atoms with E-state index in [1.807, 2.05) is 17.0 Å². The first-order valence-corrected chi connectivity index (χ1v) is 9.11. The van der Waals surface area contributed by atoms with Crippen molar-refractivity contribution in [2.75, 3.05) is 25.2 Å². The van der Waals surface area contributed by atoms with Crippen LogP contribution in [0.25, 0.3) is 0 Å². The van der Waals surface area contributed by atoms with E-state index in [1.54, 1.807) is 6.07 Å². The molecule has 1 aromatic rings. The molecule has 5 rings (SSSR count). The molecule has 6 heteroatoms. The van der Waals surface area contributed by atoms with Gasteiger partial charge in [-0.15, -0.1) is 0 Å². The standard InChI is InChI=1S/C19H22N2O4/c22-17(7-12-1-2-12)21-6-5-19(10-21)9-14(19)18(23)20-13-3-4-15-16(8-13)25-11-24-15/h3-4,8,12,14H,1-2,5-7,9-11H2,(H,20,23)/t14-,19+/m0/s1. The van der Waals surface area contributed by atoms with Crippen LogP contribution in [0, 0.1) is 17.3 Å². The number of carbonyl (C=O) groups is 2. The summed E-state index contributed by atoms with van der Waals surface area (Å²) in [7, 11) is 0. The molecular formula is C19H22N2O4. The first-order valence-electron chi connectivity index (χ1n) is 9.11. The zero-order chi connectivity index (χ0) is 17.0. The zero-order valence-electron chi connectivity index (χ0n) is 14.1. The third-order valence-corrected chi connectivity index (χ3v) is 6.04. The summed E-state index contributed by atoms with van der Waals surface area (Å²) in [6.07, 6.45) is 4.93. The van der Waals surface area contributed by atoms with E-state index in [-0.39, 0.29) is 29.9 Å². The van der Waals surface area contributed by atoms with Crippen LogP contribution in [0.15, 0.2) is 18.2 Å². The van der Waals surface area contributed by atoms with Crippen molar-refractivity contribution in [2.45, 2.75) is 32.1 Å². The Balaban J connectivity index is 1.19. The number of amides is 2. The molecule has 132 valence electrons. The Bertz CT molecular complexity index is 745. The molecular weight excluding hydrogens is 320 g/mol. The lowest BCUT2D eigenvalue weighted by Crippen LogP contribution is -2.30. The third-order valence-electron chi connectivity index (χ3n) is 6.04. The quantitative estimate of drug-likeness (QED) is 0.912. The van der Waals surface area contributed by atoms with E-state index in [0.717, 1.165) is 31.6 Å². The molecule has 2 aliphatic carbocycles. The van der Waals surface area contributed by atoms with Crippen molar-refractivity contribution in [3.8, 4) is 11.5 Å².